The number of nitrogens with one attached hydrogen (secondary N) is 4. The average molecular weight is 549 g/mol. The number of H-pyrrole nitrogens is 1. The number of aryl methyl sites for hydroxylation is 1. The van der Waals surface area contributed by atoms with Gasteiger partial charge in [0.2, 0.25) is 6.79 Å². The topological polar surface area (TPSA) is 167 Å². The molecule has 0 fully saturated rings. The second-order valence-corrected chi connectivity index (χ2v) is 8.70. The van der Waals surface area contributed by atoms with Gasteiger partial charge in [-0.2, -0.15) is 0 Å². The highest BCUT2D eigenvalue weighted by atomic mass is 16.7. The van der Waals surface area contributed by atoms with Gasteiger partial charge in [-0.1, -0.05) is 13.0 Å². The molecule has 3 rings (SSSR count). The SMILES string of the molecule is CCCNC(=O)c1ccc(C)c(N(C(=N)c2[nH]cc(C(=O)NCC)c2C)C(=O)OCOC(=O)c2cccnc2)c1. The number of benzene rings is 1. The summed E-state index contributed by atoms with van der Waals surface area (Å²) < 4.78 is 10.3. The van der Waals surface area contributed by atoms with E-state index >= 15 is 0 Å². The molecule has 12 heteroatoms. The number of aromatic nitrogens is 2. The number of pyridine rings is 1. The number of nitrogens with zero attached hydrogens (tertiary/aromatic N) is 2. The van der Waals surface area contributed by atoms with Gasteiger partial charge in [0.25, 0.3) is 11.8 Å². The third-order valence-electron chi connectivity index (χ3n) is 5.88. The molecule has 210 valence electrons. The lowest BCUT2D eigenvalue weighted by molar-refractivity contribution is 0.0000555. The van der Waals surface area contributed by atoms with Crippen molar-refractivity contribution in [3.63, 3.8) is 0 Å². The van der Waals surface area contributed by atoms with Crippen LogP contribution in [0.3, 0.4) is 0 Å². The van der Waals surface area contributed by atoms with Gasteiger partial charge in [-0.25, -0.2) is 14.5 Å². The number of hydrogen-bond donors (Lipinski definition) is 4. The minimum absolute atomic E-state index is 0.171. The van der Waals surface area contributed by atoms with Crippen molar-refractivity contribution in [1.29, 1.82) is 5.41 Å². The van der Waals surface area contributed by atoms with E-state index in [0.717, 1.165) is 11.3 Å². The summed E-state index contributed by atoms with van der Waals surface area (Å²) in [6.07, 6.45) is 3.96. The Morgan fingerprint density at radius 1 is 1.02 bits per heavy atom. The molecule has 0 aliphatic heterocycles. The largest absolute Gasteiger partial charge is 0.424 e. The van der Waals surface area contributed by atoms with Crippen LogP contribution in [0.4, 0.5) is 10.5 Å². The zero-order valence-corrected chi connectivity index (χ0v) is 22.8. The van der Waals surface area contributed by atoms with E-state index in [9.17, 15) is 19.2 Å². The number of amidine groups is 1. The Balaban J connectivity index is 1.94. The monoisotopic (exact) mass is 548 g/mol. The number of anilines is 1. The molecule has 0 aliphatic rings. The Morgan fingerprint density at radius 2 is 1.80 bits per heavy atom. The molecule has 0 spiro atoms. The van der Waals surface area contributed by atoms with E-state index in [1.54, 1.807) is 39.0 Å². The van der Waals surface area contributed by atoms with Crippen molar-refractivity contribution in [2.45, 2.75) is 34.1 Å². The number of hydrogen-bond acceptors (Lipinski definition) is 8. The molecule has 4 N–H and O–H groups in total. The lowest BCUT2D eigenvalue weighted by atomic mass is 10.1. The Hall–Kier alpha value is -5.00. The Bertz CT molecular complexity index is 1400. The first-order chi connectivity index (χ1) is 19.2. The number of rotatable bonds is 10. The number of aromatic amines is 1. The molecule has 2 heterocycles. The zero-order valence-electron chi connectivity index (χ0n) is 22.8. The highest BCUT2D eigenvalue weighted by Crippen LogP contribution is 2.26. The van der Waals surface area contributed by atoms with Crippen molar-refractivity contribution in [2.75, 3.05) is 24.8 Å². The summed E-state index contributed by atoms with van der Waals surface area (Å²) in [4.78, 5) is 58.5. The van der Waals surface area contributed by atoms with Crippen LogP contribution in [0.1, 0.15) is 68.2 Å². The Morgan fingerprint density at radius 3 is 2.48 bits per heavy atom. The average Bonchev–Trinajstić information content (AvgIpc) is 3.34. The summed E-state index contributed by atoms with van der Waals surface area (Å²) in [6.45, 7) is 7.21. The van der Waals surface area contributed by atoms with Crippen LogP contribution in [0, 0.1) is 19.3 Å². The number of ether oxygens (including phenoxy) is 2. The van der Waals surface area contributed by atoms with Crippen LogP contribution in [-0.2, 0) is 9.47 Å². The maximum absolute atomic E-state index is 13.4. The molecule has 0 unspecified atom stereocenters. The first kappa shape index (κ1) is 29.6. The summed E-state index contributed by atoms with van der Waals surface area (Å²) in [5.41, 5.74) is 2.14. The maximum Gasteiger partial charge on any atom is 0.423 e. The minimum atomic E-state index is -1.04. The molecule has 0 radical (unpaired) electrons. The van der Waals surface area contributed by atoms with Crippen molar-refractivity contribution in [1.82, 2.24) is 20.6 Å². The number of esters is 1. The van der Waals surface area contributed by atoms with Gasteiger partial charge in [-0.3, -0.25) is 20.0 Å². The Labute approximate surface area is 231 Å². The van der Waals surface area contributed by atoms with Crippen LogP contribution < -0.4 is 15.5 Å². The van der Waals surface area contributed by atoms with Crippen LogP contribution in [0.25, 0.3) is 0 Å². The van der Waals surface area contributed by atoms with E-state index in [1.165, 1.54) is 30.7 Å². The highest BCUT2D eigenvalue weighted by Gasteiger charge is 2.29. The first-order valence-corrected chi connectivity index (χ1v) is 12.7. The predicted molar refractivity (Wildman–Crippen MR) is 148 cm³/mol. The van der Waals surface area contributed by atoms with Gasteiger partial charge in [0.1, 0.15) is 0 Å². The van der Waals surface area contributed by atoms with Crippen LogP contribution >= 0.6 is 0 Å². The normalized spacial score (nSPS) is 10.4. The molecule has 0 atom stereocenters. The molecule has 3 amide bonds. The summed E-state index contributed by atoms with van der Waals surface area (Å²) in [6, 6.07) is 7.79. The molecule has 0 saturated heterocycles. The lowest BCUT2D eigenvalue weighted by Gasteiger charge is -2.25. The second-order valence-electron chi connectivity index (χ2n) is 8.70. The fourth-order valence-electron chi connectivity index (χ4n) is 3.75. The molecule has 0 bridgehead atoms. The summed E-state index contributed by atoms with van der Waals surface area (Å²) in [5, 5.41) is 14.4. The van der Waals surface area contributed by atoms with Gasteiger partial charge in [0.15, 0.2) is 5.84 Å². The van der Waals surface area contributed by atoms with Crippen molar-refractivity contribution in [3.05, 3.63) is 82.4 Å². The first-order valence-electron chi connectivity index (χ1n) is 12.7. The summed E-state index contributed by atoms with van der Waals surface area (Å²) in [5.74, 6) is -1.77. The fourth-order valence-corrected chi connectivity index (χ4v) is 3.75. The van der Waals surface area contributed by atoms with E-state index in [2.05, 4.69) is 20.6 Å². The third kappa shape index (κ3) is 6.90. The van der Waals surface area contributed by atoms with Crippen LogP contribution in [0.5, 0.6) is 0 Å². The molecule has 0 saturated carbocycles. The van der Waals surface area contributed by atoms with Gasteiger partial charge >= 0.3 is 12.1 Å². The Kier molecular flexibility index (Phi) is 10.1. The van der Waals surface area contributed by atoms with Gasteiger partial charge < -0.3 is 25.1 Å². The van der Waals surface area contributed by atoms with Crippen molar-refractivity contribution >= 4 is 35.4 Å². The van der Waals surface area contributed by atoms with E-state index < -0.39 is 18.9 Å². The summed E-state index contributed by atoms with van der Waals surface area (Å²) in [7, 11) is 0. The van der Waals surface area contributed by atoms with Crippen LogP contribution in [0.2, 0.25) is 0 Å². The van der Waals surface area contributed by atoms with Crippen molar-refractivity contribution in [2.24, 2.45) is 0 Å². The number of amides is 3. The quantitative estimate of drug-likeness (QED) is 0.130. The van der Waals surface area contributed by atoms with E-state index in [0.29, 0.717) is 29.8 Å². The smallest absolute Gasteiger partial charge is 0.423 e. The maximum atomic E-state index is 13.4. The number of carbonyl (C=O) groups is 4. The molecule has 1 aromatic carbocycles. The van der Waals surface area contributed by atoms with E-state index in [-0.39, 0.29) is 40.2 Å². The summed E-state index contributed by atoms with van der Waals surface area (Å²) >= 11 is 0. The predicted octanol–water partition coefficient (Wildman–Crippen LogP) is 3.70. The second kappa shape index (κ2) is 13.7. The zero-order chi connectivity index (χ0) is 29.2. The van der Waals surface area contributed by atoms with E-state index in [4.69, 9.17) is 14.9 Å². The molecule has 3 aromatic rings. The van der Waals surface area contributed by atoms with Gasteiger partial charge in [-0.15, -0.1) is 0 Å². The molecule has 2 aromatic heterocycles. The lowest BCUT2D eigenvalue weighted by Crippen LogP contribution is -2.39. The van der Waals surface area contributed by atoms with Gasteiger partial charge in [-0.05, 0) is 62.6 Å². The fraction of sp³-hybridized carbons (Fsp3) is 0.286. The molecule has 0 aliphatic carbocycles. The van der Waals surface area contributed by atoms with Crippen LogP contribution in [0.15, 0.2) is 48.9 Å². The van der Waals surface area contributed by atoms with Gasteiger partial charge in [0, 0.05) is 37.2 Å². The molecule has 12 nitrogen and oxygen atoms in total. The highest BCUT2D eigenvalue weighted by molar-refractivity contribution is 6.21. The number of carbonyl (C=O) groups excluding carboxylic acids is 4. The van der Waals surface area contributed by atoms with Crippen LogP contribution in [-0.4, -0.2) is 59.6 Å². The molecule has 40 heavy (non-hydrogen) atoms. The minimum Gasteiger partial charge on any atom is -0.424 e. The van der Waals surface area contributed by atoms with Crippen molar-refractivity contribution in [3.8, 4) is 0 Å². The standard InChI is InChI=1S/C28H32N6O6/c1-5-11-32-25(35)19-10-9-17(3)22(13-19)34(24(29)23-18(4)21(15-33-23)26(36)31-6-2)28(38)40-16-39-27(37)20-8-7-12-30-14-20/h7-10,12-15,29,33H,5-6,11,16H2,1-4H3,(H,31,36)(H,32,35). The third-order valence-corrected chi connectivity index (χ3v) is 5.88. The molecular formula is C28H32N6O6. The van der Waals surface area contributed by atoms with Crippen molar-refractivity contribution < 1.29 is 28.7 Å². The van der Waals surface area contributed by atoms with Gasteiger partial charge in [0.05, 0.1) is 22.5 Å². The van der Waals surface area contributed by atoms with E-state index in [1.807, 2.05) is 6.92 Å². The molecular weight excluding hydrogens is 516 g/mol.